The predicted molar refractivity (Wildman–Crippen MR) is 55.7 cm³/mol. The molecule has 0 aromatic rings. The Morgan fingerprint density at radius 1 is 1.50 bits per heavy atom. The van der Waals surface area contributed by atoms with E-state index in [2.05, 4.69) is 0 Å². The van der Waals surface area contributed by atoms with Crippen molar-refractivity contribution < 1.29 is 13.5 Å². The minimum absolute atomic E-state index is 0.0471. The molecule has 1 saturated heterocycles. The Labute approximate surface area is 89.9 Å². The third kappa shape index (κ3) is 2.82. The summed E-state index contributed by atoms with van der Waals surface area (Å²) in [5, 5.41) is 8.33. The van der Waals surface area contributed by atoms with Crippen molar-refractivity contribution in [1.82, 2.24) is 4.31 Å². The van der Waals surface area contributed by atoms with E-state index in [9.17, 15) is 8.42 Å². The fourth-order valence-electron chi connectivity index (χ4n) is 1.85. The van der Waals surface area contributed by atoms with Gasteiger partial charge in [0.1, 0.15) is 5.21 Å². The molecule has 0 amide bonds. The number of halogens is 1. The van der Waals surface area contributed by atoms with E-state index in [1.807, 2.05) is 0 Å². The van der Waals surface area contributed by atoms with Gasteiger partial charge in [-0.2, -0.15) is 4.31 Å². The van der Waals surface area contributed by atoms with Crippen LogP contribution in [0.15, 0.2) is 0 Å². The van der Waals surface area contributed by atoms with E-state index in [1.165, 1.54) is 4.31 Å². The van der Waals surface area contributed by atoms with Gasteiger partial charge in [-0.15, -0.1) is 11.6 Å². The molecule has 4 nitrogen and oxygen atoms in total. The number of alkyl halides is 1. The summed E-state index contributed by atoms with van der Waals surface area (Å²) in [6, 6.07) is 0.0471. The van der Waals surface area contributed by atoms with Crippen LogP contribution in [0.1, 0.15) is 25.7 Å². The zero-order valence-electron chi connectivity index (χ0n) is 8.02. The second-order valence-electron chi connectivity index (χ2n) is 3.49. The minimum atomic E-state index is -3.26. The summed E-state index contributed by atoms with van der Waals surface area (Å²) < 4.78 is 24.5. The molecule has 1 rings (SSSR count). The molecule has 1 N–H and O–H groups in total. The smallest absolute Gasteiger partial charge is 0.228 e. The Bertz CT molecular complexity index is 268. The van der Waals surface area contributed by atoms with Crippen LogP contribution in [0.4, 0.5) is 0 Å². The lowest BCUT2D eigenvalue weighted by molar-refractivity contribution is 0.264. The summed E-state index contributed by atoms with van der Waals surface area (Å²) in [6.45, 7) is 0.691. The van der Waals surface area contributed by atoms with Crippen molar-refractivity contribution in [3.05, 3.63) is 0 Å². The van der Waals surface area contributed by atoms with Crippen molar-refractivity contribution in [1.29, 1.82) is 0 Å². The van der Waals surface area contributed by atoms with Gasteiger partial charge >= 0.3 is 0 Å². The lowest BCUT2D eigenvalue weighted by Crippen LogP contribution is -2.36. The summed E-state index contributed by atoms with van der Waals surface area (Å²) in [5.41, 5.74) is 0. The van der Waals surface area contributed by atoms with Gasteiger partial charge in [0.05, 0.1) is 0 Å². The van der Waals surface area contributed by atoms with Crippen molar-refractivity contribution >= 4 is 21.6 Å². The maximum atomic E-state index is 11.5. The highest BCUT2D eigenvalue weighted by atomic mass is 35.5. The first-order valence-corrected chi connectivity index (χ1v) is 6.92. The fraction of sp³-hybridized carbons (Fsp3) is 1.00. The number of sulfonamides is 1. The van der Waals surface area contributed by atoms with E-state index in [1.54, 1.807) is 0 Å². The van der Waals surface area contributed by atoms with E-state index in [-0.39, 0.29) is 17.9 Å². The number of aliphatic hydroxyl groups excluding tert-OH is 1. The first kappa shape index (κ1) is 12.2. The van der Waals surface area contributed by atoms with Crippen molar-refractivity contribution in [2.24, 2.45) is 0 Å². The normalized spacial score (nSPS) is 24.3. The highest BCUT2D eigenvalue weighted by Gasteiger charge is 2.32. The SMILES string of the molecule is O=S(=O)(CCl)N1CCCC1CCCO. The van der Waals surface area contributed by atoms with Crippen LogP contribution in [-0.2, 0) is 10.0 Å². The van der Waals surface area contributed by atoms with E-state index in [4.69, 9.17) is 16.7 Å². The lowest BCUT2D eigenvalue weighted by Gasteiger charge is -2.22. The Morgan fingerprint density at radius 3 is 2.79 bits per heavy atom. The summed E-state index contributed by atoms with van der Waals surface area (Å²) >= 11 is 5.39. The maximum absolute atomic E-state index is 11.5. The maximum Gasteiger partial charge on any atom is 0.228 e. The fourth-order valence-corrected chi connectivity index (χ4v) is 3.43. The van der Waals surface area contributed by atoms with Crippen LogP contribution in [0.25, 0.3) is 0 Å². The molecule has 0 aromatic carbocycles. The van der Waals surface area contributed by atoms with Gasteiger partial charge in [0.25, 0.3) is 0 Å². The Kier molecular flexibility index (Phi) is 4.63. The number of rotatable bonds is 5. The summed E-state index contributed by atoms with van der Waals surface area (Å²) in [6.07, 6.45) is 3.16. The molecule has 1 aliphatic heterocycles. The quantitative estimate of drug-likeness (QED) is 0.723. The molecule has 1 atom stereocenters. The largest absolute Gasteiger partial charge is 0.396 e. The third-order valence-electron chi connectivity index (χ3n) is 2.51. The highest BCUT2D eigenvalue weighted by molar-refractivity contribution is 7.90. The second kappa shape index (κ2) is 5.30. The van der Waals surface area contributed by atoms with Crippen LogP contribution in [0.2, 0.25) is 0 Å². The van der Waals surface area contributed by atoms with Gasteiger partial charge in [-0.1, -0.05) is 0 Å². The molecule has 0 aromatic heterocycles. The molecule has 6 heteroatoms. The van der Waals surface area contributed by atoms with Crippen LogP contribution < -0.4 is 0 Å². The minimum Gasteiger partial charge on any atom is -0.396 e. The molecule has 1 heterocycles. The van der Waals surface area contributed by atoms with Gasteiger partial charge < -0.3 is 5.11 Å². The van der Waals surface area contributed by atoms with Crippen LogP contribution in [0, 0.1) is 0 Å². The standard InChI is InChI=1S/C8H16ClNO3S/c9-7-14(12,13)10-5-1-3-8(10)4-2-6-11/h8,11H,1-7H2. The van der Waals surface area contributed by atoms with Gasteiger partial charge in [-0.25, -0.2) is 8.42 Å². The predicted octanol–water partition coefficient (Wildman–Crippen LogP) is 0.749. The van der Waals surface area contributed by atoms with Crippen LogP contribution >= 0.6 is 11.6 Å². The molecule has 1 fully saturated rings. The number of nitrogens with zero attached hydrogens (tertiary/aromatic N) is 1. The van der Waals surface area contributed by atoms with Gasteiger partial charge in [0.15, 0.2) is 0 Å². The lowest BCUT2D eigenvalue weighted by atomic mass is 10.1. The molecule has 0 spiro atoms. The Balaban J connectivity index is 2.59. The molecule has 0 aliphatic carbocycles. The van der Waals surface area contributed by atoms with Gasteiger partial charge in [0.2, 0.25) is 10.0 Å². The molecular weight excluding hydrogens is 226 g/mol. The van der Waals surface area contributed by atoms with Crippen LogP contribution in [-0.4, -0.2) is 42.2 Å². The van der Waals surface area contributed by atoms with Gasteiger partial charge in [0, 0.05) is 19.2 Å². The first-order chi connectivity index (χ1) is 6.61. The van der Waals surface area contributed by atoms with Crippen LogP contribution in [0.5, 0.6) is 0 Å². The molecule has 0 radical (unpaired) electrons. The second-order valence-corrected chi connectivity index (χ2v) is 6.00. The number of hydrogen-bond donors (Lipinski definition) is 1. The van der Waals surface area contributed by atoms with E-state index in [0.717, 1.165) is 19.3 Å². The number of hydrogen-bond acceptors (Lipinski definition) is 3. The first-order valence-electron chi connectivity index (χ1n) is 4.78. The molecule has 0 saturated carbocycles. The van der Waals surface area contributed by atoms with Crippen molar-refractivity contribution in [3.8, 4) is 0 Å². The Hall–Kier alpha value is 0.160. The molecule has 84 valence electrons. The van der Waals surface area contributed by atoms with Crippen molar-refractivity contribution in [3.63, 3.8) is 0 Å². The third-order valence-corrected chi connectivity index (χ3v) is 4.81. The van der Waals surface area contributed by atoms with Gasteiger partial charge in [-0.05, 0) is 25.7 Å². The monoisotopic (exact) mass is 241 g/mol. The Morgan fingerprint density at radius 2 is 2.21 bits per heavy atom. The topological polar surface area (TPSA) is 57.6 Å². The van der Waals surface area contributed by atoms with Crippen molar-refractivity contribution in [2.45, 2.75) is 31.7 Å². The van der Waals surface area contributed by atoms with Crippen LogP contribution in [0.3, 0.4) is 0 Å². The molecule has 1 aliphatic rings. The van der Waals surface area contributed by atoms with E-state index >= 15 is 0 Å². The molecule has 0 bridgehead atoms. The zero-order valence-corrected chi connectivity index (χ0v) is 9.60. The summed E-state index contributed by atoms with van der Waals surface area (Å²) in [4.78, 5) is 0. The van der Waals surface area contributed by atoms with Crippen molar-refractivity contribution in [2.75, 3.05) is 18.4 Å². The molecule has 1 unspecified atom stereocenters. The summed E-state index contributed by atoms with van der Waals surface area (Å²) in [7, 11) is -3.26. The average molecular weight is 242 g/mol. The highest BCUT2D eigenvalue weighted by Crippen LogP contribution is 2.24. The number of aliphatic hydroxyl groups is 1. The van der Waals surface area contributed by atoms with E-state index in [0.29, 0.717) is 13.0 Å². The average Bonchev–Trinajstić information content (AvgIpc) is 2.63. The molecule has 14 heavy (non-hydrogen) atoms. The summed E-state index contributed by atoms with van der Waals surface area (Å²) in [5.74, 6) is 0. The van der Waals surface area contributed by atoms with Gasteiger partial charge in [-0.3, -0.25) is 0 Å². The van der Waals surface area contributed by atoms with E-state index < -0.39 is 10.0 Å². The zero-order chi connectivity index (χ0) is 10.6. The molecular formula is C8H16ClNO3S.